The molecule has 3 nitrogen and oxygen atoms in total. The van der Waals surface area contributed by atoms with Gasteiger partial charge in [-0.05, 0) is 38.1 Å². The number of hydrogen-bond acceptors (Lipinski definition) is 2. The summed E-state index contributed by atoms with van der Waals surface area (Å²) in [5, 5.41) is 3.35. The number of piperidine rings is 1. The van der Waals surface area contributed by atoms with Crippen molar-refractivity contribution in [1.82, 2.24) is 5.32 Å². The molecule has 1 aliphatic heterocycles. The van der Waals surface area contributed by atoms with E-state index in [-0.39, 0.29) is 11.8 Å². The smallest absolute Gasteiger partial charge is 0.229 e. The molecular formula is C15H22N2O. The zero-order valence-electron chi connectivity index (χ0n) is 11.2. The highest BCUT2D eigenvalue weighted by molar-refractivity contribution is 5.95. The molecule has 0 aromatic heterocycles. The van der Waals surface area contributed by atoms with Crippen LogP contribution >= 0.6 is 0 Å². The summed E-state index contributed by atoms with van der Waals surface area (Å²) in [6.45, 7) is 5.94. The summed E-state index contributed by atoms with van der Waals surface area (Å²) < 4.78 is 0. The average molecular weight is 246 g/mol. The van der Waals surface area contributed by atoms with Gasteiger partial charge in [-0.2, -0.15) is 0 Å². The van der Waals surface area contributed by atoms with Crippen LogP contribution in [0.5, 0.6) is 0 Å². The molecule has 0 bridgehead atoms. The molecule has 1 heterocycles. The molecule has 2 rings (SSSR count). The second-order valence-corrected chi connectivity index (χ2v) is 5.18. The summed E-state index contributed by atoms with van der Waals surface area (Å²) in [5.74, 6) is 0.271. The molecular weight excluding hydrogens is 224 g/mol. The van der Waals surface area contributed by atoms with Crippen LogP contribution in [0.25, 0.3) is 0 Å². The third-order valence-corrected chi connectivity index (χ3v) is 3.44. The Morgan fingerprint density at radius 1 is 1.22 bits per heavy atom. The lowest BCUT2D eigenvalue weighted by atomic mass is 10.0. The van der Waals surface area contributed by atoms with Gasteiger partial charge in [-0.15, -0.1) is 0 Å². The molecule has 98 valence electrons. The number of anilines is 1. The van der Waals surface area contributed by atoms with E-state index >= 15 is 0 Å². The number of benzene rings is 1. The standard InChI is InChI=1S/C15H22N2O/c1-12(2)15(18)17(13-6-4-3-5-7-13)14-8-10-16-11-9-14/h3-7,12,14,16H,8-11H2,1-2H3. The summed E-state index contributed by atoms with van der Waals surface area (Å²) in [6, 6.07) is 10.4. The van der Waals surface area contributed by atoms with Crippen LogP contribution in [0.2, 0.25) is 0 Å². The minimum Gasteiger partial charge on any atom is -0.317 e. The van der Waals surface area contributed by atoms with Gasteiger partial charge in [0.05, 0.1) is 0 Å². The van der Waals surface area contributed by atoms with Gasteiger partial charge in [-0.3, -0.25) is 4.79 Å². The number of carbonyl (C=O) groups excluding carboxylic acids is 1. The van der Waals surface area contributed by atoms with Crippen molar-refractivity contribution in [3.8, 4) is 0 Å². The largest absolute Gasteiger partial charge is 0.317 e. The molecule has 3 heteroatoms. The quantitative estimate of drug-likeness (QED) is 0.888. The van der Waals surface area contributed by atoms with Gasteiger partial charge in [-0.25, -0.2) is 0 Å². The molecule has 1 saturated heterocycles. The van der Waals surface area contributed by atoms with Gasteiger partial charge < -0.3 is 10.2 Å². The molecule has 1 aromatic carbocycles. The first kappa shape index (κ1) is 13.1. The van der Waals surface area contributed by atoms with Crippen molar-refractivity contribution in [1.29, 1.82) is 0 Å². The molecule has 1 fully saturated rings. The number of rotatable bonds is 3. The van der Waals surface area contributed by atoms with E-state index in [1.807, 2.05) is 49.1 Å². The minimum absolute atomic E-state index is 0.0418. The van der Waals surface area contributed by atoms with E-state index in [4.69, 9.17) is 0 Å². The molecule has 1 aliphatic rings. The molecule has 0 unspecified atom stereocenters. The molecule has 18 heavy (non-hydrogen) atoms. The van der Waals surface area contributed by atoms with Crippen LogP contribution in [0.1, 0.15) is 26.7 Å². The molecule has 0 spiro atoms. The van der Waals surface area contributed by atoms with E-state index in [9.17, 15) is 4.79 Å². The molecule has 0 radical (unpaired) electrons. The van der Waals surface area contributed by atoms with Gasteiger partial charge in [0.2, 0.25) is 5.91 Å². The molecule has 0 saturated carbocycles. The van der Waals surface area contributed by atoms with Crippen molar-refractivity contribution in [3.63, 3.8) is 0 Å². The van der Waals surface area contributed by atoms with Crippen molar-refractivity contribution in [3.05, 3.63) is 30.3 Å². The molecule has 1 N–H and O–H groups in total. The lowest BCUT2D eigenvalue weighted by Crippen LogP contribution is -2.47. The Bertz CT molecular complexity index is 383. The van der Waals surface area contributed by atoms with Crippen LogP contribution in [0.3, 0.4) is 0 Å². The van der Waals surface area contributed by atoms with Crippen molar-refractivity contribution >= 4 is 11.6 Å². The van der Waals surface area contributed by atoms with Crippen molar-refractivity contribution in [2.45, 2.75) is 32.7 Å². The Morgan fingerprint density at radius 2 is 1.83 bits per heavy atom. The van der Waals surface area contributed by atoms with Crippen molar-refractivity contribution in [2.75, 3.05) is 18.0 Å². The first-order chi connectivity index (χ1) is 8.70. The summed E-state index contributed by atoms with van der Waals surface area (Å²) in [5.41, 5.74) is 1.03. The van der Waals surface area contributed by atoms with Gasteiger partial charge in [0.25, 0.3) is 0 Å². The van der Waals surface area contributed by atoms with E-state index in [1.54, 1.807) is 0 Å². The van der Waals surface area contributed by atoms with E-state index in [2.05, 4.69) is 5.32 Å². The topological polar surface area (TPSA) is 32.3 Å². The lowest BCUT2D eigenvalue weighted by Gasteiger charge is -2.35. The monoisotopic (exact) mass is 246 g/mol. The van der Waals surface area contributed by atoms with Gasteiger partial charge in [0.1, 0.15) is 0 Å². The number of nitrogens with one attached hydrogen (secondary N) is 1. The second kappa shape index (κ2) is 6.01. The first-order valence-corrected chi connectivity index (χ1v) is 6.79. The Labute approximate surface area is 109 Å². The van der Waals surface area contributed by atoms with Crippen LogP contribution in [-0.2, 0) is 4.79 Å². The van der Waals surface area contributed by atoms with E-state index in [1.165, 1.54) is 0 Å². The Hall–Kier alpha value is -1.35. The summed E-state index contributed by atoms with van der Waals surface area (Å²) >= 11 is 0. The third kappa shape index (κ3) is 2.91. The lowest BCUT2D eigenvalue weighted by molar-refractivity contribution is -0.122. The van der Waals surface area contributed by atoms with Crippen LogP contribution in [0.4, 0.5) is 5.69 Å². The molecule has 1 amide bonds. The molecule has 0 aliphatic carbocycles. The SMILES string of the molecule is CC(C)C(=O)N(c1ccccc1)C1CCNCC1. The molecule has 1 aromatic rings. The van der Waals surface area contributed by atoms with Gasteiger partial charge >= 0.3 is 0 Å². The average Bonchev–Trinajstić information content (AvgIpc) is 2.41. The normalized spacial score (nSPS) is 16.8. The van der Waals surface area contributed by atoms with E-state index in [0.29, 0.717) is 6.04 Å². The zero-order chi connectivity index (χ0) is 13.0. The first-order valence-electron chi connectivity index (χ1n) is 6.79. The van der Waals surface area contributed by atoms with E-state index < -0.39 is 0 Å². The number of para-hydroxylation sites is 1. The molecule has 0 atom stereocenters. The summed E-state index contributed by atoms with van der Waals surface area (Å²) in [4.78, 5) is 14.5. The predicted molar refractivity (Wildman–Crippen MR) is 74.7 cm³/mol. The van der Waals surface area contributed by atoms with Crippen LogP contribution in [0.15, 0.2) is 30.3 Å². The fourth-order valence-electron chi connectivity index (χ4n) is 2.45. The Morgan fingerprint density at radius 3 is 2.39 bits per heavy atom. The number of carbonyl (C=O) groups is 1. The summed E-state index contributed by atoms with van der Waals surface area (Å²) in [7, 11) is 0. The minimum atomic E-state index is 0.0418. The second-order valence-electron chi connectivity index (χ2n) is 5.18. The fourth-order valence-corrected chi connectivity index (χ4v) is 2.45. The predicted octanol–water partition coefficient (Wildman–Crippen LogP) is 2.43. The number of nitrogens with zero attached hydrogens (tertiary/aromatic N) is 1. The number of amides is 1. The Kier molecular flexibility index (Phi) is 4.37. The third-order valence-electron chi connectivity index (χ3n) is 3.44. The highest BCUT2D eigenvalue weighted by Crippen LogP contribution is 2.23. The van der Waals surface area contributed by atoms with Crippen LogP contribution in [-0.4, -0.2) is 25.0 Å². The van der Waals surface area contributed by atoms with Crippen LogP contribution < -0.4 is 10.2 Å². The highest BCUT2D eigenvalue weighted by Gasteiger charge is 2.27. The number of hydrogen-bond donors (Lipinski definition) is 1. The zero-order valence-corrected chi connectivity index (χ0v) is 11.2. The van der Waals surface area contributed by atoms with Gasteiger partial charge in [0, 0.05) is 17.6 Å². The highest BCUT2D eigenvalue weighted by atomic mass is 16.2. The fraction of sp³-hybridized carbons (Fsp3) is 0.533. The van der Waals surface area contributed by atoms with Crippen molar-refractivity contribution < 1.29 is 4.79 Å². The van der Waals surface area contributed by atoms with Gasteiger partial charge in [-0.1, -0.05) is 32.0 Å². The Balaban J connectivity index is 2.25. The summed E-state index contributed by atoms with van der Waals surface area (Å²) in [6.07, 6.45) is 2.07. The van der Waals surface area contributed by atoms with Gasteiger partial charge in [0.15, 0.2) is 0 Å². The maximum absolute atomic E-state index is 12.4. The maximum Gasteiger partial charge on any atom is 0.229 e. The van der Waals surface area contributed by atoms with Crippen LogP contribution in [0, 0.1) is 5.92 Å². The van der Waals surface area contributed by atoms with E-state index in [0.717, 1.165) is 31.6 Å². The van der Waals surface area contributed by atoms with Crippen molar-refractivity contribution in [2.24, 2.45) is 5.92 Å². The maximum atomic E-state index is 12.4.